The van der Waals surface area contributed by atoms with Crippen LogP contribution in [-0.2, 0) is 16.4 Å². The monoisotopic (exact) mass is 424 g/mol. The number of nitrogens with one attached hydrogen (secondary N) is 1. The zero-order valence-electron chi connectivity index (χ0n) is 16.6. The minimum atomic E-state index is -3.99. The van der Waals surface area contributed by atoms with Gasteiger partial charge in [0.1, 0.15) is 5.82 Å². The molecule has 3 aromatic carbocycles. The molecule has 0 fully saturated rings. The minimum absolute atomic E-state index is 0.00535. The van der Waals surface area contributed by atoms with Gasteiger partial charge in [0, 0.05) is 23.0 Å². The van der Waals surface area contributed by atoms with Crippen molar-refractivity contribution in [3.63, 3.8) is 0 Å². The van der Waals surface area contributed by atoms with E-state index in [0.717, 1.165) is 23.7 Å². The summed E-state index contributed by atoms with van der Waals surface area (Å²) in [5.41, 5.74) is 2.95. The summed E-state index contributed by atoms with van der Waals surface area (Å²) in [6.07, 6.45) is 0.771. The molecule has 1 unspecified atom stereocenters. The SMILES string of the molecule is Cc1ccc(S(=O)(=O)Nc2cccc(C(=O)N3c4ccccc4CC3C)c2)cc1F. The van der Waals surface area contributed by atoms with Gasteiger partial charge in [0.05, 0.1) is 4.90 Å². The number of hydrogen-bond donors (Lipinski definition) is 1. The number of sulfonamides is 1. The molecule has 0 bridgehead atoms. The van der Waals surface area contributed by atoms with Crippen LogP contribution in [0.4, 0.5) is 15.8 Å². The average Bonchev–Trinajstić information content (AvgIpc) is 3.05. The molecule has 0 saturated heterocycles. The smallest absolute Gasteiger partial charge is 0.261 e. The number of para-hydroxylation sites is 1. The number of amides is 1. The lowest BCUT2D eigenvalue weighted by Gasteiger charge is -2.23. The van der Waals surface area contributed by atoms with Gasteiger partial charge in [0.2, 0.25) is 0 Å². The van der Waals surface area contributed by atoms with Crippen molar-refractivity contribution < 1.29 is 17.6 Å². The number of hydrogen-bond acceptors (Lipinski definition) is 3. The molecule has 4 rings (SSSR count). The van der Waals surface area contributed by atoms with Gasteiger partial charge in [-0.2, -0.15) is 0 Å². The summed E-state index contributed by atoms with van der Waals surface area (Å²) in [6, 6.07) is 17.8. The summed E-state index contributed by atoms with van der Waals surface area (Å²) in [4.78, 5) is 14.7. The molecule has 1 N–H and O–H groups in total. The summed E-state index contributed by atoms with van der Waals surface area (Å²) >= 11 is 0. The van der Waals surface area contributed by atoms with E-state index in [1.807, 2.05) is 31.2 Å². The molecule has 5 nitrogen and oxygen atoms in total. The largest absolute Gasteiger partial charge is 0.305 e. The highest BCUT2D eigenvalue weighted by molar-refractivity contribution is 7.92. The first-order valence-corrected chi connectivity index (χ1v) is 11.0. The van der Waals surface area contributed by atoms with Crippen molar-refractivity contribution in [3.8, 4) is 0 Å². The van der Waals surface area contributed by atoms with Gasteiger partial charge in [-0.15, -0.1) is 0 Å². The van der Waals surface area contributed by atoms with Crippen LogP contribution >= 0.6 is 0 Å². The van der Waals surface area contributed by atoms with Crippen molar-refractivity contribution in [2.45, 2.75) is 31.2 Å². The summed E-state index contributed by atoms with van der Waals surface area (Å²) in [7, 11) is -3.99. The average molecular weight is 424 g/mol. The molecular formula is C23H21FN2O3S. The summed E-state index contributed by atoms with van der Waals surface area (Å²) < 4.78 is 41.5. The van der Waals surface area contributed by atoms with Crippen LogP contribution in [-0.4, -0.2) is 20.4 Å². The molecule has 30 heavy (non-hydrogen) atoms. The van der Waals surface area contributed by atoms with Crippen molar-refractivity contribution >= 4 is 27.3 Å². The molecule has 0 radical (unpaired) electrons. The van der Waals surface area contributed by atoms with Gasteiger partial charge in [-0.1, -0.05) is 30.3 Å². The van der Waals surface area contributed by atoms with Crippen LogP contribution in [0, 0.1) is 12.7 Å². The predicted octanol–water partition coefficient (Wildman–Crippen LogP) is 4.53. The van der Waals surface area contributed by atoms with E-state index in [4.69, 9.17) is 0 Å². The van der Waals surface area contributed by atoms with E-state index in [-0.39, 0.29) is 22.5 Å². The van der Waals surface area contributed by atoms with Crippen LogP contribution in [0.15, 0.2) is 71.6 Å². The molecular weight excluding hydrogens is 403 g/mol. The Bertz CT molecular complexity index is 1240. The number of carbonyl (C=O) groups excluding carboxylic acids is 1. The molecule has 1 aliphatic heterocycles. The highest BCUT2D eigenvalue weighted by Crippen LogP contribution is 2.33. The van der Waals surface area contributed by atoms with Crippen LogP contribution in [0.25, 0.3) is 0 Å². The topological polar surface area (TPSA) is 66.5 Å². The maximum Gasteiger partial charge on any atom is 0.261 e. The highest BCUT2D eigenvalue weighted by Gasteiger charge is 2.31. The van der Waals surface area contributed by atoms with Gasteiger partial charge in [-0.3, -0.25) is 9.52 Å². The Morgan fingerprint density at radius 2 is 1.83 bits per heavy atom. The molecule has 0 aromatic heterocycles. The Labute approximate surface area is 175 Å². The Hall–Kier alpha value is -3.19. The summed E-state index contributed by atoms with van der Waals surface area (Å²) in [5.74, 6) is -0.793. The van der Waals surface area contributed by atoms with Gasteiger partial charge < -0.3 is 4.90 Å². The number of benzene rings is 3. The van der Waals surface area contributed by atoms with E-state index in [2.05, 4.69) is 4.72 Å². The first-order chi connectivity index (χ1) is 14.3. The number of halogens is 1. The third kappa shape index (κ3) is 3.68. The van der Waals surface area contributed by atoms with Crippen LogP contribution in [0.1, 0.15) is 28.4 Å². The number of aryl methyl sites for hydroxylation is 1. The number of nitrogens with zero attached hydrogens (tertiary/aromatic N) is 1. The van der Waals surface area contributed by atoms with Gasteiger partial charge in [0.15, 0.2) is 0 Å². The standard InChI is InChI=1S/C23H21FN2O3S/c1-15-10-11-20(14-21(15)24)30(28,29)25-19-8-5-7-18(13-19)23(27)26-16(2)12-17-6-3-4-9-22(17)26/h3-11,13-14,16,25H,12H2,1-2H3. The van der Waals surface area contributed by atoms with Crippen molar-refractivity contribution in [1.82, 2.24) is 0 Å². The second-order valence-corrected chi connectivity index (χ2v) is 9.14. The van der Waals surface area contributed by atoms with Crippen LogP contribution in [0.5, 0.6) is 0 Å². The number of fused-ring (bicyclic) bond motifs is 1. The summed E-state index contributed by atoms with van der Waals surface area (Å²) in [5, 5.41) is 0. The zero-order valence-corrected chi connectivity index (χ0v) is 17.4. The van der Waals surface area contributed by atoms with Crippen molar-refractivity contribution in [3.05, 3.63) is 89.2 Å². The molecule has 154 valence electrons. The fraction of sp³-hybridized carbons (Fsp3) is 0.174. The molecule has 0 saturated carbocycles. The van der Waals surface area contributed by atoms with E-state index < -0.39 is 15.8 Å². The second-order valence-electron chi connectivity index (χ2n) is 7.45. The second kappa shape index (κ2) is 7.57. The Balaban J connectivity index is 1.61. The molecule has 3 aromatic rings. The molecule has 1 aliphatic rings. The third-order valence-corrected chi connectivity index (χ3v) is 6.62. The van der Waals surface area contributed by atoms with Gasteiger partial charge >= 0.3 is 0 Å². The lowest BCUT2D eigenvalue weighted by atomic mass is 10.1. The quantitative estimate of drug-likeness (QED) is 0.669. The fourth-order valence-electron chi connectivity index (χ4n) is 3.68. The van der Waals surface area contributed by atoms with Gasteiger partial charge in [-0.05, 0) is 67.8 Å². The molecule has 7 heteroatoms. The number of anilines is 2. The van der Waals surface area contributed by atoms with E-state index in [1.54, 1.807) is 30.0 Å². The van der Waals surface area contributed by atoms with Gasteiger partial charge in [-0.25, -0.2) is 12.8 Å². The van der Waals surface area contributed by atoms with E-state index in [0.29, 0.717) is 11.1 Å². The lowest BCUT2D eigenvalue weighted by molar-refractivity contribution is 0.0981. The molecule has 1 atom stereocenters. The van der Waals surface area contributed by atoms with E-state index in [1.165, 1.54) is 18.2 Å². The van der Waals surface area contributed by atoms with E-state index >= 15 is 0 Å². The molecule has 1 heterocycles. The fourth-order valence-corrected chi connectivity index (χ4v) is 4.75. The highest BCUT2D eigenvalue weighted by atomic mass is 32.2. The van der Waals surface area contributed by atoms with Crippen molar-refractivity contribution in [1.29, 1.82) is 0 Å². The Morgan fingerprint density at radius 3 is 2.60 bits per heavy atom. The van der Waals surface area contributed by atoms with Crippen molar-refractivity contribution in [2.24, 2.45) is 0 Å². The Morgan fingerprint density at radius 1 is 1.07 bits per heavy atom. The summed E-state index contributed by atoms with van der Waals surface area (Å²) in [6.45, 7) is 3.54. The maximum absolute atomic E-state index is 13.8. The molecule has 0 aliphatic carbocycles. The minimum Gasteiger partial charge on any atom is -0.305 e. The third-order valence-electron chi connectivity index (χ3n) is 5.24. The lowest BCUT2D eigenvalue weighted by Crippen LogP contribution is -2.35. The number of carbonyl (C=O) groups is 1. The number of rotatable bonds is 4. The van der Waals surface area contributed by atoms with Crippen LogP contribution in [0.2, 0.25) is 0 Å². The first kappa shape index (κ1) is 20.1. The molecule has 1 amide bonds. The maximum atomic E-state index is 13.8. The predicted molar refractivity (Wildman–Crippen MR) is 115 cm³/mol. The zero-order chi connectivity index (χ0) is 21.5. The van der Waals surface area contributed by atoms with Gasteiger partial charge in [0.25, 0.3) is 15.9 Å². The Kier molecular flexibility index (Phi) is 5.07. The van der Waals surface area contributed by atoms with Crippen LogP contribution < -0.4 is 9.62 Å². The van der Waals surface area contributed by atoms with E-state index in [9.17, 15) is 17.6 Å². The normalized spacial score (nSPS) is 15.7. The first-order valence-electron chi connectivity index (χ1n) is 9.57. The van der Waals surface area contributed by atoms with Crippen molar-refractivity contribution in [2.75, 3.05) is 9.62 Å². The van der Waals surface area contributed by atoms with Crippen LogP contribution in [0.3, 0.4) is 0 Å². The molecule has 0 spiro atoms.